The standard InChI is InChI=1S/C23H28FN3O4/c1-14(2)15(3)27(22(29)31-23(4,5)6)19-13-17(11-12-25-19)20(26-30)21(28)16-7-9-18(24)10-8-16/h7-15,30H,1-6H3. The van der Waals surface area contributed by atoms with Gasteiger partial charge < -0.3 is 9.94 Å². The predicted octanol–water partition coefficient (Wildman–Crippen LogP) is 5.07. The van der Waals surface area contributed by atoms with Crippen LogP contribution in [0.1, 0.15) is 57.5 Å². The molecule has 0 saturated heterocycles. The third-order valence-corrected chi connectivity index (χ3v) is 4.65. The lowest BCUT2D eigenvalue weighted by Gasteiger charge is -2.33. The number of aromatic nitrogens is 1. The maximum absolute atomic E-state index is 13.2. The zero-order chi connectivity index (χ0) is 23.3. The van der Waals surface area contributed by atoms with Gasteiger partial charge in [-0.25, -0.2) is 14.2 Å². The largest absolute Gasteiger partial charge is 0.443 e. The van der Waals surface area contributed by atoms with Crippen LogP contribution in [0.2, 0.25) is 0 Å². The van der Waals surface area contributed by atoms with Gasteiger partial charge in [0.05, 0.1) is 0 Å². The molecule has 0 bridgehead atoms. The van der Waals surface area contributed by atoms with E-state index in [0.717, 1.165) is 12.1 Å². The van der Waals surface area contributed by atoms with Crippen molar-refractivity contribution in [1.82, 2.24) is 4.98 Å². The molecule has 1 atom stereocenters. The van der Waals surface area contributed by atoms with Crippen molar-refractivity contribution in [2.45, 2.75) is 53.2 Å². The van der Waals surface area contributed by atoms with E-state index < -0.39 is 23.3 Å². The van der Waals surface area contributed by atoms with Crippen LogP contribution in [-0.4, -0.2) is 39.4 Å². The Morgan fingerprint density at radius 2 is 1.71 bits per heavy atom. The molecule has 0 spiro atoms. The summed E-state index contributed by atoms with van der Waals surface area (Å²) in [5.41, 5.74) is -0.546. The maximum atomic E-state index is 13.2. The number of ketones is 1. The summed E-state index contributed by atoms with van der Waals surface area (Å²) in [6.45, 7) is 11.1. The number of halogens is 1. The number of carbonyl (C=O) groups excluding carboxylic acids is 2. The molecule has 1 N–H and O–H groups in total. The van der Waals surface area contributed by atoms with Crippen molar-refractivity contribution in [3.05, 3.63) is 59.5 Å². The molecule has 1 heterocycles. The summed E-state index contributed by atoms with van der Waals surface area (Å²) in [5.74, 6) is -0.743. The van der Waals surface area contributed by atoms with Crippen LogP contribution in [0.5, 0.6) is 0 Å². The Bertz CT molecular complexity index is 966. The number of amides is 1. The van der Waals surface area contributed by atoms with Gasteiger partial charge >= 0.3 is 6.09 Å². The lowest BCUT2D eigenvalue weighted by atomic mass is 10.0. The van der Waals surface area contributed by atoms with Gasteiger partial charge in [-0.1, -0.05) is 19.0 Å². The lowest BCUT2D eigenvalue weighted by molar-refractivity contribution is 0.0558. The molecule has 2 aromatic rings. The number of carbonyl (C=O) groups is 2. The smallest absolute Gasteiger partial charge is 0.416 e. The molecular weight excluding hydrogens is 401 g/mol. The number of pyridine rings is 1. The van der Waals surface area contributed by atoms with Gasteiger partial charge in [0.1, 0.15) is 17.2 Å². The second-order valence-corrected chi connectivity index (χ2v) is 8.52. The van der Waals surface area contributed by atoms with Crippen LogP contribution < -0.4 is 4.90 Å². The summed E-state index contributed by atoms with van der Waals surface area (Å²) in [4.78, 5) is 31.4. The Morgan fingerprint density at radius 1 is 1.10 bits per heavy atom. The highest BCUT2D eigenvalue weighted by Crippen LogP contribution is 2.24. The van der Waals surface area contributed by atoms with Crippen molar-refractivity contribution in [3.8, 4) is 0 Å². The van der Waals surface area contributed by atoms with E-state index in [-0.39, 0.29) is 34.6 Å². The highest BCUT2D eigenvalue weighted by atomic mass is 19.1. The number of oxime groups is 1. The minimum absolute atomic E-state index is 0.0878. The maximum Gasteiger partial charge on any atom is 0.416 e. The Hall–Kier alpha value is -3.29. The molecule has 0 aliphatic carbocycles. The predicted molar refractivity (Wildman–Crippen MR) is 116 cm³/mol. The molecule has 2 rings (SSSR count). The molecule has 1 aromatic carbocycles. The second-order valence-electron chi connectivity index (χ2n) is 8.52. The molecule has 31 heavy (non-hydrogen) atoms. The highest BCUT2D eigenvalue weighted by molar-refractivity contribution is 6.51. The average Bonchev–Trinajstić information content (AvgIpc) is 2.68. The Labute approximate surface area is 181 Å². The molecule has 0 aliphatic rings. The molecule has 0 saturated carbocycles. The Balaban J connectivity index is 2.46. The second kappa shape index (κ2) is 9.68. The number of ether oxygens (including phenoxy) is 1. The number of hydrogen-bond acceptors (Lipinski definition) is 6. The Morgan fingerprint density at radius 3 is 2.23 bits per heavy atom. The molecule has 0 radical (unpaired) electrons. The molecule has 0 fully saturated rings. The summed E-state index contributed by atoms with van der Waals surface area (Å²) >= 11 is 0. The monoisotopic (exact) mass is 429 g/mol. The van der Waals surface area contributed by atoms with E-state index in [1.807, 2.05) is 20.8 Å². The molecule has 8 heteroatoms. The first-order valence-corrected chi connectivity index (χ1v) is 9.95. The van der Waals surface area contributed by atoms with E-state index in [4.69, 9.17) is 4.74 Å². The third kappa shape index (κ3) is 6.10. The van der Waals surface area contributed by atoms with Gasteiger partial charge in [0.2, 0.25) is 5.78 Å². The van der Waals surface area contributed by atoms with Crippen molar-refractivity contribution in [3.63, 3.8) is 0 Å². The van der Waals surface area contributed by atoms with Crippen molar-refractivity contribution >= 4 is 23.4 Å². The normalized spacial score (nSPS) is 13.1. The van der Waals surface area contributed by atoms with Gasteiger partial charge in [-0.05, 0) is 70.0 Å². The molecule has 166 valence electrons. The van der Waals surface area contributed by atoms with Gasteiger partial charge in [-0.3, -0.25) is 9.69 Å². The first kappa shape index (κ1) is 24.0. The van der Waals surface area contributed by atoms with Crippen LogP contribution in [-0.2, 0) is 4.74 Å². The number of hydrogen-bond donors (Lipinski definition) is 1. The van der Waals surface area contributed by atoms with E-state index in [1.165, 1.54) is 35.4 Å². The molecule has 7 nitrogen and oxygen atoms in total. The van der Waals surface area contributed by atoms with Gasteiger partial charge in [0, 0.05) is 23.4 Å². The van der Waals surface area contributed by atoms with Crippen LogP contribution in [0.15, 0.2) is 47.8 Å². The van der Waals surface area contributed by atoms with E-state index in [2.05, 4.69) is 10.1 Å². The zero-order valence-corrected chi connectivity index (χ0v) is 18.6. The number of rotatable bonds is 6. The first-order chi connectivity index (χ1) is 14.4. The minimum Gasteiger partial charge on any atom is -0.443 e. The van der Waals surface area contributed by atoms with Crippen molar-refractivity contribution in [2.75, 3.05) is 4.90 Å². The van der Waals surface area contributed by atoms with Gasteiger partial charge in [0.25, 0.3) is 0 Å². The SMILES string of the molecule is CC(C)C(C)N(C(=O)OC(C)(C)C)c1cc(C(=NO)C(=O)c2ccc(F)cc2)ccn1. The topological polar surface area (TPSA) is 92.1 Å². The van der Waals surface area contributed by atoms with Crippen LogP contribution >= 0.6 is 0 Å². The van der Waals surface area contributed by atoms with Crippen LogP contribution in [0, 0.1) is 11.7 Å². The summed E-state index contributed by atoms with van der Waals surface area (Å²) in [6, 6.07) is 7.62. The summed E-state index contributed by atoms with van der Waals surface area (Å²) in [7, 11) is 0. The van der Waals surface area contributed by atoms with Gasteiger partial charge in [-0.15, -0.1) is 0 Å². The number of anilines is 1. The Kier molecular flexibility index (Phi) is 7.49. The molecule has 1 amide bonds. The number of benzene rings is 1. The quantitative estimate of drug-likeness (QED) is 0.300. The summed E-state index contributed by atoms with van der Waals surface area (Å²) in [6.07, 6.45) is 0.837. The molecular formula is C23H28FN3O4. The lowest BCUT2D eigenvalue weighted by Crippen LogP contribution is -2.45. The number of Topliss-reactive ketones (excluding diaryl/α,β-unsaturated/α-hetero) is 1. The molecule has 1 aromatic heterocycles. The third-order valence-electron chi connectivity index (χ3n) is 4.65. The van der Waals surface area contributed by atoms with Crippen LogP contribution in [0.4, 0.5) is 15.0 Å². The first-order valence-electron chi connectivity index (χ1n) is 9.95. The van der Waals surface area contributed by atoms with Gasteiger partial charge in [0.15, 0.2) is 5.71 Å². The highest BCUT2D eigenvalue weighted by Gasteiger charge is 2.30. The fourth-order valence-electron chi connectivity index (χ4n) is 2.75. The van der Waals surface area contributed by atoms with E-state index in [1.54, 1.807) is 20.8 Å². The summed E-state index contributed by atoms with van der Waals surface area (Å²) < 4.78 is 18.7. The minimum atomic E-state index is -0.708. The summed E-state index contributed by atoms with van der Waals surface area (Å²) in [5, 5.41) is 12.7. The van der Waals surface area contributed by atoms with Crippen molar-refractivity contribution in [2.24, 2.45) is 11.1 Å². The zero-order valence-electron chi connectivity index (χ0n) is 18.6. The van der Waals surface area contributed by atoms with E-state index >= 15 is 0 Å². The van der Waals surface area contributed by atoms with Crippen molar-refractivity contribution in [1.29, 1.82) is 0 Å². The van der Waals surface area contributed by atoms with Gasteiger partial charge in [-0.2, -0.15) is 0 Å². The molecule has 1 unspecified atom stereocenters. The fraction of sp³-hybridized carbons (Fsp3) is 0.391. The fourth-order valence-corrected chi connectivity index (χ4v) is 2.75. The van der Waals surface area contributed by atoms with Crippen molar-refractivity contribution < 1.29 is 23.9 Å². The van der Waals surface area contributed by atoms with Crippen LogP contribution in [0.25, 0.3) is 0 Å². The molecule has 0 aliphatic heterocycles. The van der Waals surface area contributed by atoms with E-state index in [0.29, 0.717) is 0 Å². The average molecular weight is 429 g/mol. The van der Waals surface area contributed by atoms with E-state index in [9.17, 15) is 19.2 Å². The van der Waals surface area contributed by atoms with Crippen LogP contribution in [0.3, 0.4) is 0 Å². The number of nitrogens with zero attached hydrogens (tertiary/aromatic N) is 3.